The Bertz CT molecular complexity index is 113. The average molecular weight is 172 g/mol. The van der Waals surface area contributed by atoms with Crippen molar-refractivity contribution < 1.29 is 5.11 Å². The fourth-order valence-electron chi connectivity index (χ4n) is 1.72. The number of hydrogen-bond acceptors (Lipinski definition) is 3. The lowest BCUT2D eigenvalue weighted by atomic mass is 10.0. The number of nitrogens with one attached hydrogen (secondary N) is 1. The van der Waals surface area contributed by atoms with Crippen LogP contribution in [0.2, 0.25) is 0 Å². The van der Waals surface area contributed by atoms with Crippen molar-refractivity contribution in [2.45, 2.75) is 25.3 Å². The summed E-state index contributed by atoms with van der Waals surface area (Å²) >= 11 is 0. The summed E-state index contributed by atoms with van der Waals surface area (Å²) < 4.78 is 0. The molecule has 1 aliphatic heterocycles. The maximum Gasteiger partial charge on any atom is 0.0558 e. The van der Waals surface area contributed by atoms with Gasteiger partial charge in [0, 0.05) is 19.1 Å². The lowest BCUT2D eigenvalue weighted by molar-refractivity contribution is 0.200. The number of aliphatic hydroxyl groups is 1. The van der Waals surface area contributed by atoms with E-state index >= 15 is 0 Å². The molecule has 72 valence electrons. The Labute approximate surface area is 74.8 Å². The van der Waals surface area contributed by atoms with Crippen molar-refractivity contribution in [1.29, 1.82) is 0 Å². The first-order valence-electron chi connectivity index (χ1n) is 4.85. The lowest BCUT2D eigenvalue weighted by Crippen LogP contribution is -2.43. The van der Waals surface area contributed by atoms with E-state index in [4.69, 9.17) is 5.11 Å². The number of piperidine rings is 1. The summed E-state index contributed by atoms with van der Waals surface area (Å²) in [4.78, 5) is 2.18. The number of likely N-dealkylation sites (N-methyl/N-ethyl adjacent to an activating group) is 1. The van der Waals surface area contributed by atoms with E-state index in [1.807, 2.05) is 0 Å². The Morgan fingerprint density at radius 1 is 1.50 bits per heavy atom. The highest BCUT2D eigenvalue weighted by atomic mass is 16.3. The summed E-state index contributed by atoms with van der Waals surface area (Å²) in [5.41, 5.74) is 0. The molecule has 0 saturated carbocycles. The third kappa shape index (κ3) is 3.52. The van der Waals surface area contributed by atoms with Gasteiger partial charge in [-0.1, -0.05) is 6.42 Å². The van der Waals surface area contributed by atoms with Gasteiger partial charge in [0.15, 0.2) is 0 Å². The van der Waals surface area contributed by atoms with Crippen molar-refractivity contribution in [3.05, 3.63) is 0 Å². The van der Waals surface area contributed by atoms with Crippen LogP contribution in [0, 0.1) is 0 Å². The molecule has 1 saturated heterocycles. The molecule has 0 aromatic heterocycles. The zero-order valence-corrected chi connectivity index (χ0v) is 7.92. The summed E-state index contributed by atoms with van der Waals surface area (Å²) in [5, 5.41) is 12.2. The van der Waals surface area contributed by atoms with Crippen LogP contribution in [0.1, 0.15) is 19.3 Å². The maximum atomic E-state index is 8.70. The molecule has 1 heterocycles. The molecule has 0 aromatic carbocycles. The van der Waals surface area contributed by atoms with Crippen LogP contribution in [0.15, 0.2) is 0 Å². The number of hydrogen-bond donors (Lipinski definition) is 2. The van der Waals surface area contributed by atoms with E-state index in [1.165, 1.54) is 19.3 Å². The van der Waals surface area contributed by atoms with Crippen LogP contribution in [-0.4, -0.2) is 49.3 Å². The van der Waals surface area contributed by atoms with Crippen LogP contribution in [-0.2, 0) is 0 Å². The number of nitrogens with zero attached hydrogens (tertiary/aromatic N) is 1. The molecule has 0 aromatic rings. The first-order valence-corrected chi connectivity index (χ1v) is 4.85. The first kappa shape index (κ1) is 9.96. The molecular formula is C9H20N2O. The molecule has 0 aliphatic carbocycles. The molecule has 0 unspecified atom stereocenters. The van der Waals surface area contributed by atoms with Gasteiger partial charge >= 0.3 is 0 Å². The molecule has 3 nitrogen and oxygen atoms in total. The predicted molar refractivity (Wildman–Crippen MR) is 50.2 cm³/mol. The van der Waals surface area contributed by atoms with Crippen molar-refractivity contribution in [2.24, 2.45) is 0 Å². The van der Waals surface area contributed by atoms with Crippen molar-refractivity contribution in [2.75, 3.05) is 33.3 Å². The molecule has 1 aliphatic rings. The normalized spacial score (nSPS) is 24.8. The summed E-state index contributed by atoms with van der Waals surface area (Å²) in [5.74, 6) is 0. The molecule has 0 bridgehead atoms. The van der Waals surface area contributed by atoms with E-state index in [0.717, 1.165) is 19.6 Å². The van der Waals surface area contributed by atoms with Crippen molar-refractivity contribution in [3.63, 3.8) is 0 Å². The zero-order valence-electron chi connectivity index (χ0n) is 7.92. The lowest BCUT2D eigenvalue weighted by Gasteiger charge is -2.27. The van der Waals surface area contributed by atoms with Crippen LogP contribution in [0.5, 0.6) is 0 Å². The Morgan fingerprint density at radius 2 is 2.33 bits per heavy atom. The molecule has 12 heavy (non-hydrogen) atoms. The Balaban J connectivity index is 2.11. The van der Waals surface area contributed by atoms with Gasteiger partial charge in [-0.05, 0) is 26.4 Å². The van der Waals surface area contributed by atoms with E-state index in [2.05, 4.69) is 17.3 Å². The highest BCUT2D eigenvalue weighted by Crippen LogP contribution is 2.07. The van der Waals surface area contributed by atoms with Gasteiger partial charge in [-0.15, -0.1) is 0 Å². The monoisotopic (exact) mass is 172 g/mol. The number of aliphatic hydroxyl groups excluding tert-OH is 1. The highest BCUT2D eigenvalue weighted by Gasteiger charge is 2.13. The highest BCUT2D eigenvalue weighted by molar-refractivity contribution is 4.74. The van der Waals surface area contributed by atoms with Crippen molar-refractivity contribution >= 4 is 0 Å². The fourth-order valence-corrected chi connectivity index (χ4v) is 1.72. The zero-order chi connectivity index (χ0) is 8.81. The summed E-state index contributed by atoms with van der Waals surface area (Å²) in [6, 6.07) is 0.648. The Kier molecular flexibility index (Phi) is 4.58. The van der Waals surface area contributed by atoms with E-state index < -0.39 is 0 Å². The van der Waals surface area contributed by atoms with Gasteiger partial charge in [0.25, 0.3) is 0 Å². The summed E-state index contributed by atoms with van der Waals surface area (Å²) in [6.45, 7) is 3.29. The van der Waals surface area contributed by atoms with Crippen LogP contribution >= 0.6 is 0 Å². The minimum atomic E-state index is 0.267. The van der Waals surface area contributed by atoms with Crippen LogP contribution in [0.3, 0.4) is 0 Å². The smallest absolute Gasteiger partial charge is 0.0558 e. The second kappa shape index (κ2) is 5.51. The van der Waals surface area contributed by atoms with Gasteiger partial charge in [0.1, 0.15) is 0 Å². The van der Waals surface area contributed by atoms with E-state index in [-0.39, 0.29) is 6.61 Å². The molecule has 0 spiro atoms. The minimum Gasteiger partial charge on any atom is -0.395 e. The van der Waals surface area contributed by atoms with E-state index in [0.29, 0.717) is 6.04 Å². The van der Waals surface area contributed by atoms with Gasteiger partial charge < -0.3 is 15.3 Å². The van der Waals surface area contributed by atoms with Gasteiger partial charge in [0.2, 0.25) is 0 Å². The topological polar surface area (TPSA) is 35.5 Å². The third-order valence-corrected chi connectivity index (χ3v) is 2.43. The van der Waals surface area contributed by atoms with E-state index in [9.17, 15) is 0 Å². The molecular weight excluding hydrogens is 152 g/mol. The fraction of sp³-hybridized carbons (Fsp3) is 1.00. The van der Waals surface area contributed by atoms with Crippen molar-refractivity contribution in [1.82, 2.24) is 10.2 Å². The molecule has 3 heteroatoms. The van der Waals surface area contributed by atoms with Crippen LogP contribution < -0.4 is 5.32 Å². The molecule has 0 amide bonds. The van der Waals surface area contributed by atoms with Gasteiger partial charge in [-0.3, -0.25) is 0 Å². The maximum absolute atomic E-state index is 8.70. The third-order valence-electron chi connectivity index (χ3n) is 2.43. The standard InChI is InChI=1S/C9H20N2O/c1-11(6-7-12)8-9-4-2-3-5-10-9/h9-10,12H,2-8H2,1H3/t9-/m1/s1. The quantitative estimate of drug-likeness (QED) is 0.629. The SMILES string of the molecule is CN(CCO)C[C@H]1CCCCN1. The van der Waals surface area contributed by atoms with Gasteiger partial charge in [-0.25, -0.2) is 0 Å². The minimum absolute atomic E-state index is 0.267. The van der Waals surface area contributed by atoms with Crippen LogP contribution in [0.4, 0.5) is 0 Å². The van der Waals surface area contributed by atoms with Crippen molar-refractivity contribution in [3.8, 4) is 0 Å². The number of rotatable bonds is 4. The molecule has 1 fully saturated rings. The Hall–Kier alpha value is -0.120. The molecule has 1 atom stereocenters. The van der Waals surface area contributed by atoms with Crippen LogP contribution in [0.25, 0.3) is 0 Å². The largest absolute Gasteiger partial charge is 0.395 e. The average Bonchev–Trinajstić information content (AvgIpc) is 2.06. The first-order chi connectivity index (χ1) is 5.83. The summed E-state index contributed by atoms with van der Waals surface area (Å²) in [6.07, 6.45) is 3.96. The summed E-state index contributed by atoms with van der Waals surface area (Å²) in [7, 11) is 2.06. The second-order valence-electron chi connectivity index (χ2n) is 3.63. The predicted octanol–water partition coefficient (Wildman–Crippen LogP) is 0.0526. The van der Waals surface area contributed by atoms with Gasteiger partial charge in [-0.2, -0.15) is 0 Å². The molecule has 2 N–H and O–H groups in total. The Morgan fingerprint density at radius 3 is 2.92 bits per heavy atom. The molecule has 0 radical (unpaired) electrons. The second-order valence-corrected chi connectivity index (χ2v) is 3.63. The molecule has 1 rings (SSSR count). The van der Waals surface area contributed by atoms with E-state index in [1.54, 1.807) is 0 Å². The van der Waals surface area contributed by atoms with Gasteiger partial charge in [0.05, 0.1) is 6.61 Å².